The second-order valence-electron chi connectivity index (χ2n) is 5.20. The standard InChI is InChI=1S/C14H19NO4/c1-14(2,19)9-15(3)12(16)8-10-6-4-5-7-11(10)13(17)18/h4-7,19H,8-9H2,1-3H3,(H,17,18). The maximum Gasteiger partial charge on any atom is 0.335 e. The molecule has 0 spiro atoms. The zero-order valence-corrected chi connectivity index (χ0v) is 11.4. The van der Waals surface area contributed by atoms with Gasteiger partial charge in [-0.3, -0.25) is 4.79 Å². The Kier molecular flexibility index (Phi) is 4.67. The van der Waals surface area contributed by atoms with Crippen LogP contribution in [0.1, 0.15) is 29.8 Å². The first-order chi connectivity index (χ1) is 8.70. The lowest BCUT2D eigenvalue weighted by Gasteiger charge is -2.25. The molecule has 19 heavy (non-hydrogen) atoms. The van der Waals surface area contributed by atoms with Crippen LogP contribution in [0.25, 0.3) is 0 Å². The van der Waals surface area contributed by atoms with Gasteiger partial charge in [0, 0.05) is 13.6 Å². The van der Waals surface area contributed by atoms with Crippen molar-refractivity contribution in [1.82, 2.24) is 4.90 Å². The number of carboxylic acid groups (broad SMARTS) is 1. The lowest BCUT2D eigenvalue weighted by atomic mass is 10.0. The van der Waals surface area contributed by atoms with Crippen molar-refractivity contribution in [2.45, 2.75) is 25.9 Å². The van der Waals surface area contributed by atoms with E-state index in [4.69, 9.17) is 5.11 Å². The number of rotatable bonds is 5. The second kappa shape index (κ2) is 5.84. The number of hydrogen-bond donors (Lipinski definition) is 2. The predicted octanol–water partition coefficient (Wildman–Crippen LogP) is 1.16. The molecule has 0 atom stereocenters. The van der Waals surface area contributed by atoms with Crippen molar-refractivity contribution in [2.24, 2.45) is 0 Å². The first kappa shape index (κ1) is 15.2. The van der Waals surface area contributed by atoms with Gasteiger partial charge in [0.05, 0.1) is 17.6 Å². The summed E-state index contributed by atoms with van der Waals surface area (Å²) in [5.74, 6) is -1.27. The second-order valence-corrected chi connectivity index (χ2v) is 5.20. The maximum atomic E-state index is 12.0. The lowest BCUT2D eigenvalue weighted by molar-refractivity contribution is -0.131. The molecule has 5 heteroatoms. The summed E-state index contributed by atoms with van der Waals surface area (Å²) in [6, 6.07) is 6.42. The van der Waals surface area contributed by atoms with Gasteiger partial charge in [-0.25, -0.2) is 4.79 Å². The summed E-state index contributed by atoms with van der Waals surface area (Å²) in [7, 11) is 1.59. The highest BCUT2D eigenvalue weighted by Gasteiger charge is 2.20. The fraction of sp³-hybridized carbons (Fsp3) is 0.429. The van der Waals surface area contributed by atoms with Crippen molar-refractivity contribution in [3.05, 3.63) is 35.4 Å². The van der Waals surface area contributed by atoms with Crippen molar-refractivity contribution in [3.8, 4) is 0 Å². The molecule has 0 saturated heterocycles. The van der Waals surface area contributed by atoms with E-state index < -0.39 is 11.6 Å². The molecule has 0 fully saturated rings. The molecule has 0 saturated carbocycles. The van der Waals surface area contributed by atoms with E-state index in [2.05, 4.69) is 0 Å². The highest BCUT2D eigenvalue weighted by molar-refractivity contribution is 5.91. The van der Waals surface area contributed by atoms with Gasteiger partial charge >= 0.3 is 5.97 Å². The number of benzene rings is 1. The number of carbonyl (C=O) groups is 2. The largest absolute Gasteiger partial charge is 0.478 e. The van der Waals surface area contributed by atoms with Crippen LogP contribution in [-0.2, 0) is 11.2 Å². The Morgan fingerprint density at radius 1 is 1.26 bits per heavy atom. The quantitative estimate of drug-likeness (QED) is 0.837. The number of carbonyl (C=O) groups excluding carboxylic acids is 1. The maximum absolute atomic E-state index is 12.0. The SMILES string of the molecule is CN(CC(C)(C)O)C(=O)Cc1ccccc1C(=O)O. The molecule has 5 nitrogen and oxygen atoms in total. The van der Waals surface area contributed by atoms with Gasteiger partial charge in [0.2, 0.25) is 5.91 Å². The van der Waals surface area contributed by atoms with E-state index >= 15 is 0 Å². The molecule has 2 N–H and O–H groups in total. The van der Waals surface area contributed by atoms with Crippen LogP contribution >= 0.6 is 0 Å². The Labute approximate surface area is 112 Å². The minimum atomic E-state index is -1.05. The van der Waals surface area contributed by atoms with Gasteiger partial charge in [-0.05, 0) is 25.5 Å². The van der Waals surface area contributed by atoms with Gasteiger partial charge in [0.1, 0.15) is 0 Å². The Bertz CT molecular complexity index is 477. The van der Waals surface area contributed by atoms with Crippen LogP contribution in [0.3, 0.4) is 0 Å². The molecule has 0 aliphatic heterocycles. The minimum absolute atomic E-state index is 0.00898. The summed E-state index contributed by atoms with van der Waals surface area (Å²) >= 11 is 0. The van der Waals surface area contributed by atoms with Crippen molar-refractivity contribution >= 4 is 11.9 Å². The molecule has 0 bridgehead atoms. The fourth-order valence-electron chi connectivity index (χ4n) is 1.85. The predicted molar refractivity (Wildman–Crippen MR) is 71.0 cm³/mol. The van der Waals surface area contributed by atoms with Gasteiger partial charge < -0.3 is 15.1 Å². The first-order valence-electron chi connectivity index (χ1n) is 5.98. The van der Waals surface area contributed by atoms with Gasteiger partial charge in [0.25, 0.3) is 0 Å². The number of aromatic carboxylic acids is 1. The third kappa shape index (κ3) is 4.71. The average molecular weight is 265 g/mol. The number of hydrogen-bond acceptors (Lipinski definition) is 3. The Balaban J connectivity index is 2.80. The van der Waals surface area contributed by atoms with Crippen LogP contribution in [0.2, 0.25) is 0 Å². The van der Waals surface area contributed by atoms with E-state index in [0.29, 0.717) is 5.56 Å². The van der Waals surface area contributed by atoms with Crippen LogP contribution in [0.4, 0.5) is 0 Å². The van der Waals surface area contributed by atoms with Crippen LogP contribution in [-0.4, -0.2) is 46.2 Å². The number of nitrogens with zero attached hydrogens (tertiary/aromatic N) is 1. The summed E-state index contributed by atoms with van der Waals surface area (Å²) in [5.41, 5.74) is -0.369. The minimum Gasteiger partial charge on any atom is -0.478 e. The van der Waals surface area contributed by atoms with E-state index in [0.717, 1.165) is 0 Å². The molecule has 0 radical (unpaired) electrons. The summed E-state index contributed by atoms with van der Waals surface area (Å²) < 4.78 is 0. The van der Waals surface area contributed by atoms with Crippen molar-refractivity contribution < 1.29 is 19.8 Å². The molecule has 0 heterocycles. The van der Waals surface area contributed by atoms with E-state index in [1.807, 2.05) is 0 Å². The lowest BCUT2D eigenvalue weighted by Crippen LogP contribution is -2.40. The summed E-state index contributed by atoms with van der Waals surface area (Å²) in [6.45, 7) is 3.42. The van der Waals surface area contributed by atoms with E-state index in [-0.39, 0.29) is 24.4 Å². The summed E-state index contributed by atoms with van der Waals surface area (Å²) in [4.78, 5) is 24.4. The Morgan fingerprint density at radius 3 is 2.37 bits per heavy atom. The van der Waals surface area contributed by atoms with Crippen molar-refractivity contribution in [3.63, 3.8) is 0 Å². The smallest absolute Gasteiger partial charge is 0.335 e. The number of amides is 1. The molecule has 0 aliphatic rings. The number of aliphatic hydroxyl groups is 1. The molecule has 1 aromatic carbocycles. The van der Waals surface area contributed by atoms with Crippen molar-refractivity contribution in [2.75, 3.05) is 13.6 Å². The molecule has 0 aromatic heterocycles. The molecule has 1 amide bonds. The monoisotopic (exact) mass is 265 g/mol. The fourth-order valence-corrected chi connectivity index (χ4v) is 1.85. The van der Waals surface area contributed by atoms with E-state index in [1.165, 1.54) is 11.0 Å². The highest BCUT2D eigenvalue weighted by Crippen LogP contribution is 2.12. The van der Waals surface area contributed by atoms with Crippen molar-refractivity contribution in [1.29, 1.82) is 0 Å². The van der Waals surface area contributed by atoms with Gasteiger partial charge in [-0.15, -0.1) is 0 Å². The molecular weight excluding hydrogens is 246 g/mol. The molecule has 0 aliphatic carbocycles. The molecular formula is C14H19NO4. The Morgan fingerprint density at radius 2 is 1.84 bits per heavy atom. The van der Waals surface area contributed by atoms with Crippen LogP contribution < -0.4 is 0 Å². The van der Waals surface area contributed by atoms with Gasteiger partial charge in [0.15, 0.2) is 0 Å². The third-order valence-electron chi connectivity index (χ3n) is 2.64. The summed E-state index contributed by atoms with van der Waals surface area (Å²) in [6.07, 6.45) is 0.00898. The van der Waals surface area contributed by atoms with Crippen LogP contribution in [0, 0.1) is 0 Å². The average Bonchev–Trinajstić information content (AvgIpc) is 2.27. The van der Waals surface area contributed by atoms with Gasteiger partial charge in [-0.1, -0.05) is 18.2 Å². The molecule has 1 rings (SSSR count). The first-order valence-corrected chi connectivity index (χ1v) is 5.98. The molecule has 0 unspecified atom stereocenters. The topological polar surface area (TPSA) is 77.8 Å². The normalized spacial score (nSPS) is 11.2. The third-order valence-corrected chi connectivity index (χ3v) is 2.64. The van der Waals surface area contributed by atoms with E-state index in [9.17, 15) is 14.7 Å². The molecule has 1 aromatic rings. The molecule has 104 valence electrons. The van der Waals surface area contributed by atoms with Crippen LogP contribution in [0.15, 0.2) is 24.3 Å². The summed E-state index contributed by atoms with van der Waals surface area (Å²) in [5, 5.41) is 18.7. The zero-order chi connectivity index (χ0) is 14.6. The zero-order valence-electron chi connectivity index (χ0n) is 11.4. The highest BCUT2D eigenvalue weighted by atomic mass is 16.4. The number of likely N-dealkylation sites (N-methyl/N-ethyl adjacent to an activating group) is 1. The van der Waals surface area contributed by atoms with E-state index in [1.54, 1.807) is 39.1 Å². The van der Waals surface area contributed by atoms with Crippen LogP contribution in [0.5, 0.6) is 0 Å². The van der Waals surface area contributed by atoms with Gasteiger partial charge in [-0.2, -0.15) is 0 Å². The Hall–Kier alpha value is -1.88. The number of carboxylic acids is 1.